The third-order valence-electron chi connectivity index (χ3n) is 3.82. The lowest BCUT2D eigenvalue weighted by atomic mass is 9.97. The summed E-state index contributed by atoms with van der Waals surface area (Å²) in [6.45, 7) is 9.25. The zero-order chi connectivity index (χ0) is 10.9. The average molecular weight is 228 g/mol. The average Bonchev–Trinajstić information content (AvgIpc) is 2.97. The standard InChI is InChI=1S/C12H24O2Si/c1-15(2,3)12-6-4-10(5-7-12)13-8-11-9-14-11/h10-12H,4-9H2,1-3H3. The molecular weight excluding hydrogens is 204 g/mol. The van der Waals surface area contributed by atoms with E-state index >= 15 is 0 Å². The summed E-state index contributed by atoms with van der Waals surface area (Å²) >= 11 is 0. The summed E-state index contributed by atoms with van der Waals surface area (Å²) in [5.74, 6) is 0. The van der Waals surface area contributed by atoms with Crippen LogP contribution < -0.4 is 0 Å². The summed E-state index contributed by atoms with van der Waals surface area (Å²) in [5, 5.41) is 0. The first kappa shape index (κ1) is 11.6. The lowest BCUT2D eigenvalue weighted by Crippen LogP contribution is -2.33. The zero-order valence-corrected chi connectivity index (χ0v) is 11.3. The Morgan fingerprint density at radius 1 is 1.13 bits per heavy atom. The van der Waals surface area contributed by atoms with Crippen LogP contribution in [0.5, 0.6) is 0 Å². The summed E-state index contributed by atoms with van der Waals surface area (Å²) in [4.78, 5) is 0. The number of hydrogen-bond donors (Lipinski definition) is 0. The van der Waals surface area contributed by atoms with E-state index in [-0.39, 0.29) is 0 Å². The molecule has 0 bridgehead atoms. The molecular formula is C12H24O2Si. The van der Waals surface area contributed by atoms with E-state index in [1.165, 1.54) is 25.7 Å². The van der Waals surface area contributed by atoms with Crippen molar-refractivity contribution < 1.29 is 9.47 Å². The second kappa shape index (κ2) is 4.56. The van der Waals surface area contributed by atoms with Crippen LogP contribution in [0.15, 0.2) is 0 Å². The Balaban J connectivity index is 1.67. The quantitative estimate of drug-likeness (QED) is 0.545. The Kier molecular flexibility index (Phi) is 3.53. The van der Waals surface area contributed by atoms with E-state index in [9.17, 15) is 0 Å². The fraction of sp³-hybridized carbons (Fsp3) is 1.00. The molecule has 0 aromatic heterocycles. The third kappa shape index (κ3) is 3.57. The Morgan fingerprint density at radius 2 is 1.73 bits per heavy atom. The van der Waals surface area contributed by atoms with Crippen LogP contribution >= 0.6 is 0 Å². The molecule has 0 aromatic carbocycles. The predicted octanol–water partition coefficient (Wildman–Crippen LogP) is 3.05. The van der Waals surface area contributed by atoms with Gasteiger partial charge >= 0.3 is 0 Å². The summed E-state index contributed by atoms with van der Waals surface area (Å²) in [7, 11) is -0.899. The molecule has 1 saturated carbocycles. The first-order valence-corrected chi connectivity index (χ1v) is 9.86. The van der Waals surface area contributed by atoms with Crippen LogP contribution in [0.4, 0.5) is 0 Å². The van der Waals surface area contributed by atoms with Gasteiger partial charge < -0.3 is 9.47 Å². The van der Waals surface area contributed by atoms with E-state index < -0.39 is 8.07 Å². The zero-order valence-electron chi connectivity index (χ0n) is 10.3. The van der Waals surface area contributed by atoms with Crippen LogP contribution in [0.25, 0.3) is 0 Å². The van der Waals surface area contributed by atoms with Gasteiger partial charge in [0, 0.05) is 8.07 Å². The molecule has 0 spiro atoms. The van der Waals surface area contributed by atoms with Gasteiger partial charge in [-0.1, -0.05) is 32.5 Å². The molecule has 15 heavy (non-hydrogen) atoms. The normalized spacial score (nSPS) is 36.6. The van der Waals surface area contributed by atoms with Crippen molar-refractivity contribution >= 4 is 8.07 Å². The largest absolute Gasteiger partial charge is 0.375 e. The minimum absolute atomic E-state index is 0.430. The second-order valence-corrected chi connectivity index (χ2v) is 11.7. The fourth-order valence-electron chi connectivity index (χ4n) is 2.50. The van der Waals surface area contributed by atoms with Crippen LogP contribution in [0.2, 0.25) is 25.2 Å². The Morgan fingerprint density at radius 3 is 2.20 bits per heavy atom. The molecule has 88 valence electrons. The monoisotopic (exact) mass is 228 g/mol. The lowest BCUT2D eigenvalue weighted by molar-refractivity contribution is 0.0196. The first-order valence-electron chi connectivity index (χ1n) is 6.29. The Bertz CT molecular complexity index is 200. The van der Waals surface area contributed by atoms with Gasteiger partial charge in [-0.3, -0.25) is 0 Å². The van der Waals surface area contributed by atoms with Crippen molar-refractivity contribution in [2.45, 2.75) is 63.1 Å². The van der Waals surface area contributed by atoms with Gasteiger partial charge in [0.2, 0.25) is 0 Å². The highest BCUT2D eigenvalue weighted by molar-refractivity contribution is 6.77. The molecule has 1 aliphatic carbocycles. The van der Waals surface area contributed by atoms with Gasteiger partial charge in [-0.25, -0.2) is 0 Å². The van der Waals surface area contributed by atoms with Crippen molar-refractivity contribution in [1.29, 1.82) is 0 Å². The summed E-state index contributed by atoms with van der Waals surface area (Å²) < 4.78 is 11.0. The van der Waals surface area contributed by atoms with E-state index in [1.807, 2.05) is 0 Å². The van der Waals surface area contributed by atoms with Crippen molar-refractivity contribution in [2.75, 3.05) is 13.2 Å². The summed E-state index contributed by atoms with van der Waals surface area (Å²) in [6, 6.07) is 0. The molecule has 1 heterocycles. The van der Waals surface area contributed by atoms with E-state index in [4.69, 9.17) is 9.47 Å². The highest BCUT2D eigenvalue weighted by Gasteiger charge is 2.32. The van der Waals surface area contributed by atoms with Gasteiger partial charge in [0.1, 0.15) is 6.10 Å². The smallest absolute Gasteiger partial charge is 0.104 e. The maximum Gasteiger partial charge on any atom is 0.104 e. The number of rotatable bonds is 4. The van der Waals surface area contributed by atoms with Crippen molar-refractivity contribution in [3.8, 4) is 0 Å². The van der Waals surface area contributed by atoms with Crippen LogP contribution in [-0.4, -0.2) is 33.5 Å². The van der Waals surface area contributed by atoms with Gasteiger partial charge in [-0.2, -0.15) is 0 Å². The van der Waals surface area contributed by atoms with Crippen LogP contribution in [0.1, 0.15) is 25.7 Å². The number of epoxide rings is 1. The summed E-state index contributed by atoms with van der Waals surface area (Å²) in [6.07, 6.45) is 6.31. The molecule has 2 nitrogen and oxygen atoms in total. The molecule has 2 rings (SSSR count). The number of ether oxygens (including phenoxy) is 2. The Labute approximate surface area is 94.4 Å². The van der Waals surface area contributed by atoms with E-state index in [1.54, 1.807) is 0 Å². The third-order valence-corrected chi connectivity index (χ3v) is 6.85. The van der Waals surface area contributed by atoms with Crippen LogP contribution in [-0.2, 0) is 9.47 Å². The minimum Gasteiger partial charge on any atom is -0.375 e. The highest BCUT2D eigenvalue weighted by atomic mass is 28.3. The van der Waals surface area contributed by atoms with Gasteiger partial charge in [-0.05, 0) is 18.4 Å². The Hall–Kier alpha value is 0.137. The molecule has 2 aliphatic rings. The van der Waals surface area contributed by atoms with Gasteiger partial charge in [0.05, 0.1) is 19.3 Å². The van der Waals surface area contributed by atoms with Crippen molar-refractivity contribution in [1.82, 2.24) is 0 Å². The molecule has 0 aromatic rings. The maximum absolute atomic E-state index is 5.86. The van der Waals surface area contributed by atoms with Gasteiger partial charge in [-0.15, -0.1) is 0 Å². The first-order chi connectivity index (χ1) is 7.05. The van der Waals surface area contributed by atoms with Crippen molar-refractivity contribution in [3.05, 3.63) is 0 Å². The minimum atomic E-state index is -0.899. The second-order valence-electron chi connectivity index (χ2n) is 6.13. The topological polar surface area (TPSA) is 21.8 Å². The lowest BCUT2D eigenvalue weighted by Gasteiger charge is -2.35. The fourth-order valence-corrected chi connectivity index (χ4v) is 4.57. The van der Waals surface area contributed by atoms with E-state index in [2.05, 4.69) is 19.6 Å². The molecule has 1 aliphatic heterocycles. The SMILES string of the molecule is C[Si](C)(C)C1CCC(OCC2CO2)CC1. The molecule has 0 N–H and O–H groups in total. The van der Waals surface area contributed by atoms with E-state index in [0.717, 1.165) is 18.8 Å². The van der Waals surface area contributed by atoms with Crippen LogP contribution in [0.3, 0.4) is 0 Å². The summed E-state index contributed by atoms with van der Waals surface area (Å²) in [5.41, 5.74) is 1.02. The molecule has 3 heteroatoms. The molecule has 1 atom stereocenters. The molecule has 2 fully saturated rings. The highest BCUT2D eigenvalue weighted by Crippen LogP contribution is 2.37. The predicted molar refractivity (Wildman–Crippen MR) is 65.0 cm³/mol. The number of hydrogen-bond acceptors (Lipinski definition) is 2. The molecule has 0 radical (unpaired) electrons. The van der Waals surface area contributed by atoms with Gasteiger partial charge in [0.15, 0.2) is 0 Å². The van der Waals surface area contributed by atoms with Gasteiger partial charge in [0.25, 0.3) is 0 Å². The van der Waals surface area contributed by atoms with E-state index in [0.29, 0.717) is 12.2 Å². The maximum atomic E-state index is 5.86. The molecule has 1 saturated heterocycles. The van der Waals surface area contributed by atoms with Crippen molar-refractivity contribution in [2.24, 2.45) is 0 Å². The molecule has 0 amide bonds. The van der Waals surface area contributed by atoms with Crippen LogP contribution in [0, 0.1) is 0 Å². The molecule has 1 unspecified atom stereocenters. The van der Waals surface area contributed by atoms with Crippen molar-refractivity contribution in [3.63, 3.8) is 0 Å².